The van der Waals surface area contributed by atoms with Crippen molar-refractivity contribution in [2.45, 2.75) is 32.2 Å². The Hall–Kier alpha value is -1.06. The molecule has 12 heavy (non-hydrogen) atoms. The summed E-state index contributed by atoms with van der Waals surface area (Å²) in [5.41, 5.74) is 0. The molecule has 4 heteroatoms. The van der Waals surface area contributed by atoms with Crippen LogP contribution >= 0.6 is 0 Å². The van der Waals surface area contributed by atoms with E-state index in [1.165, 1.54) is 0 Å². The number of fused-ring (bicyclic) bond motifs is 1. The van der Waals surface area contributed by atoms with E-state index in [1.807, 2.05) is 6.92 Å². The summed E-state index contributed by atoms with van der Waals surface area (Å²) in [4.78, 5) is 22.1. The molecule has 2 amide bonds. The Kier molecular flexibility index (Phi) is 1.56. The van der Waals surface area contributed by atoms with Crippen LogP contribution in [0, 0.1) is 0 Å². The molecule has 1 unspecified atom stereocenters. The lowest BCUT2D eigenvalue weighted by Gasteiger charge is -2.49. The summed E-state index contributed by atoms with van der Waals surface area (Å²) >= 11 is 0. The number of carbonyl (C=O) groups is 2. The van der Waals surface area contributed by atoms with Crippen molar-refractivity contribution in [2.75, 3.05) is 6.54 Å². The molecule has 2 fully saturated rings. The number of rotatable bonds is 1. The van der Waals surface area contributed by atoms with E-state index in [0.717, 1.165) is 25.8 Å². The van der Waals surface area contributed by atoms with Gasteiger partial charge in [0.25, 0.3) is 0 Å². The Labute approximate surface area is 71.1 Å². The molecule has 2 aliphatic heterocycles. The van der Waals surface area contributed by atoms with Gasteiger partial charge >= 0.3 is 11.8 Å². The van der Waals surface area contributed by atoms with Gasteiger partial charge < -0.3 is 0 Å². The van der Waals surface area contributed by atoms with Crippen molar-refractivity contribution in [3.63, 3.8) is 0 Å². The van der Waals surface area contributed by atoms with E-state index in [4.69, 9.17) is 0 Å². The van der Waals surface area contributed by atoms with E-state index in [1.54, 1.807) is 10.0 Å². The molecular weight excluding hydrogens is 156 g/mol. The summed E-state index contributed by atoms with van der Waals surface area (Å²) in [6.45, 7) is 2.77. The van der Waals surface area contributed by atoms with Crippen LogP contribution in [0.5, 0.6) is 0 Å². The SMILES string of the molecule is CCC1CCCN2C(=O)C(=O)N12. The Morgan fingerprint density at radius 2 is 2.17 bits per heavy atom. The second-order valence-electron chi connectivity index (χ2n) is 3.28. The van der Waals surface area contributed by atoms with Crippen molar-refractivity contribution in [1.82, 2.24) is 10.0 Å². The predicted octanol–water partition coefficient (Wildman–Crippen LogP) is 0.145. The Morgan fingerprint density at radius 1 is 1.42 bits per heavy atom. The first-order chi connectivity index (χ1) is 5.75. The minimum atomic E-state index is -0.326. The average Bonchev–Trinajstić information content (AvgIpc) is 2.15. The highest BCUT2D eigenvalue weighted by Crippen LogP contribution is 2.27. The van der Waals surface area contributed by atoms with Crippen LogP contribution in [-0.2, 0) is 9.59 Å². The standard InChI is InChI=1S/C8H12N2O2/c1-2-6-4-3-5-9-7(11)8(12)10(6)9/h6H,2-5H2,1H3. The fourth-order valence-corrected chi connectivity index (χ4v) is 1.92. The van der Waals surface area contributed by atoms with Crippen molar-refractivity contribution >= 4 is 11.8 Å². The number of amides is 2. The van der Waals surface area contributed by atoms with Crippen LogP contribution in [0.1, 0.15) is 26.2 Å². The van der Waals surface area contributed by atoms with Crippen molar-refractivity contribution in [1.29, 1.82) is 0 Å². The summed E-state index contributed by atoms with van der Waals surface area (Å²) in [6.07, 6.45) is 3.00. The van der Waals surface area contributed by atoms with Crippen LogP contribution in [0.25, 0.3) is 0 Å². The summed E-state index contributed by atoms with van der Waals surface area (Å²) < 4.78 is 0. The van der Waals surface area contributed by atoms with E-state index < -0.39 is 0 Å². The molecule has 0 aromatic rings. The van der Waals surface area contributed by atoms with E-state index in [2.05, 4.69) is 0 Å². The molecule has 4 nitrogen and oxygen atoms in total. The van der Waals surface area contributed by atoms with Crippen LogP contribution in [0.4, 0.5) is 0 Å². The first kappa shape index (κ1) is 7.58. The van der Waals surface area contributed by atoms with E-state index >= 15 is 0 Å². The van der Waals surface area contributed by atoms with Crippen molar-refractivity contribution in [2.24, 2.45) is 0 Å². The molecule has 0 spiro atoms. The Balaban J connectivity index is 2.14. The molecule has 1 atom stereocenters. The maximum absolute atomic E-state index is 11.1. The summed E-state index contributed by atoms with van der Waals surface area (Å²) in [7, 11) is 0. The van der Waals surface area contributed by atoms with Crippen LogP contribution in [0.15, 0.2) is 0 Å². The number of carbonyl (C=O) groups excluding carboxylic acids is 2. The minimum Gasteiger partial charge on any atom is -0.261 e. The number of hydrazine groups is 1. The summed E-state index contributed by atoms with van der Waals surface area (Å²) in [5.74, 6) is -0.644. The van der Waals surface area contributed by atoms with Gasteiger partial charge in [0.05, 0.1) is 6.04 Å². The number of hydrogen-bond acceptors (Lipinski definition) is 2. The van der Waals surface area contributed by atoms with Crippen molar-refractivity contribution in [3.05, 3.63) is 0 Å². The van der Waals surface area contributed by atoms with Gasteiger partial charge in [0, 0.05) is 6.54 Å². The lowest BCUT2D eigenvalue weighted by Crippen LogP contribution is -2.70. The molecule has 0 bridgehead atoms. The Morgan fingerprint density at radius 3 is 2.83 bits per heavy atom. The second kappa shape index (κ2) is 2.47. The summed E-state index contributed by atoms with van der Waals surface area (Å²) in [6, 6.07) is 0.268. The van der Waals surface area contributed by atoms with E-state index in [-0.39, 0.29) is 17.9 Å². The number of nitrogens with zero attached hydrogens (tertiary/aromatic N) is 2. The fourth-order valence-electron chi connectivity index (χ4n) is 1.92. The first-order valence-electron chi connectivity index (χ1n) is 4.40. The van der Waals surface area contributed by atoms with Gasteiger partial charge in [-0.1, -0.05) is 6.92 Å². The largest absolute Gasteiger partial charge is 0.332 e. The lowest BCUT2D eigenvalue weighted by atomic mass is 10.0. The fraction of sp³-hybridized carbons (Fsp3) is 0.750. The Bertz CT molecular complexity index is 239. The maximum Gasteiger partial charge on any atom is 0.332 e. The van der Waals surface area contributed by atoms with Gasteiger partial charge in [-0.25, -0.2) is 10.0 Å². The molecule has 2 rings (SSSR count). The zero-order valence-corrected chi connectivity index (χ0v) is 7.12. The zero-order chi connectivity index (χ0) is 8.72. The molecular formula is C8H12N2O2. The quantitative estimate of drug-likeness (QED) is 0.523. The number of hydrogen-bond donors (Lipinski definition) is 0. The molecule has 0 saturated carbocycles. The van der Waals surface area contributed by atoms with Gasteiger partial charge in [-0.15, -0.1) is 0 Å². The van der Waals surface area contributed by atoms with Crippen LogP contribution in [-0.4, -0.2) is 34.4 Å². The first-order valence-corrected chi connectivity index (χ1v) is 4.40. The molecule has 2 saturated heterocycles. The third kappa shape index (κ3) is 0.777. The van der Waals surface area contributed by atoms with Gasteiger partial charge in [0.2, 0.25) is 0 Å². The second-order valence-corrected chi connectivity index (χ2v) is 3.28. The highest BCUT2D eigenvalue weighted by atomic mass is 16.2. The van der Waals surface area contributed by atoms with Crippen LogP contribution in [0.2, 0.25) is 0 Å². The highest BCUT2D eigenvalue weighted by Gasteiger charge is 2.48. The molecule has 0 radical (unpaired) electrons. The average molecular weight is 168 g/mol. The van der Waals surface area contributed by atoms with Gasteiger partial charge in [-0.3, -0.25) is 9.59 Å². The summed E-state index contributed by atoms with van der Waals surface area (Å²) in [5, 5.41) is 3.19. The smallest absolute Gasteiger partial charge is 0.261 e. The van der Waals surface area contributed by atoms with E-state index in [0.29, 0.717) is 0 Å². The van der Waals surface area contributed by atoms with Crippen LogP contribution in [0.3, 0.4) is 0 Å². The van der Waals surface area contributed by atoms with Crippen molar-refractivity contribution in [3.8, 4) is 0 Å². The highest BCUT2D eigenvalue weighted by molar-refractivity contribution is 6.40. The van der Waals surface area contributed by atoms with Gasteiger partial charge in [-0.2, -0.15) is 0 Å². The third-order valence-electron chi connectivity index (χ3n) is 2.61. The normalized spacial score (nSPS) is 28.6. The van der Waals surface area contributed by atoms with Crippen LogP contribution < -0.4 is 0 Å². The third-order valence-corrected chi connectivity index (χ3v) is 2.61. The minimum absolute atomic E-state index is 0.268. The van der Waals surface area contributed by atoms with E-state index in [9.17, 15) is 9.59 Å². The molecule has 2 heterocycles. The molecule has 0 aromatic heterocycles. The molecule has 0 aromatic carbocycles. The lowest BCUT2D eigenvalue weighted by molar-refractivity contribution is -0.203. The van der Waals surface area contributed by atoms with Crippen molar-refractivity contribution < 1.29 is 9.59 Å². The molecule has 66 valence electrons. The van der Waals surface area contributed by atoms with Gasteiger partial charge in [0.15, 0.2) is 0 Å². The zero-order valence-electron chi connectivity index (χ0n) is 7.12. The molecule has 2 aliphatic rings. The predicted molar refractivity (Wildman–Crippen MR) is 41.9 cm³/mol. The van der Waals surface area contributed by atoms with Gasteiger partial charge in [0.1, 0.15) is 0 Å². The molecule has 0 aliphatic carbocycles. The van der Waals surface area contributed by atoms with Gasteiger partial charge in [-0.05, 0) is 19.3 Å². The topological polar surface area (TPSA) is 40.6 Å². The molecule has 0 N–H and O–H groups in total. The maximum atomic E-state index is 11.1. The monoisotopic (exact) mass is 168 g/mol.